The third-order valence-electron chi connectivity index (χ3n) is 3.99. The molecule has 8 nitrogen and oxygen atoms in total. The van der Waals surface area contributed by atoms with E-state index in [0.29, 0.717) is 28.1 Å². The van der Waals surface area contributed by atoms with E-state index in [1.807, 2.05) is 28.7 Å². The molecule has 2 aromatic carbocycles. The lowest BCUT2D eigenvalue weighted by molar-refractivity contribution is -0.113. The van der Waals surface area contributed by atoms with E-state index in [2.05, 4.69) is 20.5 Å². The highest BCUT2D eigenvalue weighted by molar-refractivity contribution is 7.99. The first-order valence-electron chi connectivity index (χ1n) is 7.92. The quantitative estimate of drug-likeness (QED) is 0.539. The zero-order valence-electron chi connectivity index (χ0n) is 13.4. The summed E-state index contributed by atoms with van der Waals surface area (Å²) in [7, 11) is 0. The van der Waals surface area contributed by atoms with E-state index in [0.717, 1.165) is 11.0 Å². The second kappa shape index (κ2) is 5.95. The summed E-state index contributed by atoms with van der Waals surface area (Å²) in [5.74, 6) is 2.07. The molecule has 5 rings (SSSR count). The van der Waals surface area contributed by atoms with Gasteiger partial charge in [0.25, 0.3) is 0 Å². The van der Waals surface area contributed by atoms with Crippen LogP contribution in [-0.4, -0.2) is 38.0 Å². The number of hydrogen-bond acceptors (Lipinski definition) is 6. The number of benzene rings is 2. The maximum absolute atomic E-state index is 12.3. The number of carbonyl (C=O) groups excluding carboxylic acids is 1. The number of imidazole rings is 1. The third kappa shape index (κ3) is 2.53. The predicted molar refractivity (Wildman–Crippen MR) is 96.8 cm³/mol. The van der Waals surface area contributed by atoms with E-state index in [-0.39, 0.29) is 18.5 Å². The number of nitrogens with zero attached hydrogens (tertiary/aromatic N) is 3. The van der Waals surface area contributed by atoms with Crippen LogP contribution in [0.2, 0.25) is 0 Å². The Morgan fingerprint density at radius 3 is 3.08 bits per heavy atom. The minimum atomic E-state index is -0.130. The highest BCUT2D eigenvalue weighted by Crippen LogP contribution is 2.34. The van der Waals surface area contributed by atoms with Gasteiger partial charge in [-0.2, -0.15) is 0 Å². The van der Waals surface area contributed by atoms with E-state index in [9.17, 15) is 4.79 Å². The lowest BCUT2D eigenvalue weighted by Crippen LogP contribution is -2.14. The number of ether oxygens (including phenoxy) is 2. The smallest absolute Gasteiger partial charge is 0.234 e. The van der Waals surface area contributed by atoms with Crippen LogP contribution in [0.1, 0.15) is 0 Å². The Morgan fingerprint density at radius 1 is 1.23 bits per heavy atom. The van der Waals surface area contributed by atoms with Crippen LogP contribution >= 0.6 is 11.8 Å². The van der Waals surface area contributed by atoms with E-state index in [4.69, 9.17) is 9.47 Å². The molecule has 0 saturated carbocycles. The van der Waals surface area contributed by atoms with Gasteiger partial charge in [0.05, 0.1) is 16.8 Å². The van der Waals surface area contributed by atoms with Crippen molar-refractivity contribution in [3.63, 3.8) is 0 Å². The Labute approximate surface area is 151 Å². The Bertz CT molecular complexity index is 1140. The number of para-hydroxylation sites is 2. The van der Waals surface area contributed by atoms with Gasteiger partial charge >= 0.3 is 0 Å². The van der Waals surface area contributed by atoms with Crippen molar-refractivity contribution in [2.45, 2.75) is 5.16 Å². The predicted octanol–water partition coefficient (Wildman–Crippen LogP) is 2.67. The number of anilines is 1. The van der Waals surface area contributed by atoms with Gasteiger partial charge in [-0.3, -0.25) is 9.20 Å². The van der Waals surface area contributed by atoms with Crippen molar-refractivity contribution in [3.8, 4) is 11.5 Å². The molecule has 4 aromatic rings. The van der Waals surface area contributed by atoms with Crippen LogP contribution in [0.15, 0.2) is 47.6 Å². The van der Waals surface area contributed by atoms with Crippen molar-refractivity contribution >= 4 is 40.2 Å². The fourth-order valence-corrected chi connectivity index (χ4v) is 3.60. The largest absolute Gasteiger partial charge is 0.454 e. The number of aromatic amines is 1. The topological polar surface area (TPSA) is 93.5 Å². The monoisotopic (exact) mass is 367 g/mol. The molecule has 0 fully saturated rings. The lowest BCUT2D eigenvalue weighted by Gasteiger charge is -2.05. The summed E-state index contributed by atoms with van der Waals surface area (Å²) in [5, 5.41) is 10.7. The van der Waals surface area contributed by atoms with Crippen molar-refractivity contribution in [2.24, 2.45) is 0 Å². The zero-order valence-corrected chi connectivity index (χ0v) is 14.2. The summed E-state index contributed by atoms with van der Waals surface area (Å²) in [6.45, 7) is 0.205. The molecule has 0 radical (unpaired) electrons. The highest BCUT2D eigenvalue weighted by atomic mass is 32.2. The Balaban J connectivity index is 1.31. The summed E-state index contributed by atoms with van der Waals surface area (Å²) in [6.07, 6.45) is 0. The molecule has 1 aliphatic heterocycles. The average Bonchev–Trinajstić information content (AvgIpc) is 3.34. The number of nitrogens with one attached hydrogen (secondary N) is 2. The van der Waals surface area contributed by atoms with Crippen LogP contribution in [0.3, 0.4) is 0 Å². The van der Waals surface area contributed by atoms with Gasteiger partial charge < -0.3 is 14.8 Å². The average molecular weight is 367 g/mol. The molecule has 1 aliphatic rings. The van der Waals surface area contributed by atoms with Crippen LogP contribution in [0.5, 0.6) is 11.5 Å². The lowest BCUT2D eigenvalue weighted by atomic mass is 10.3. The van der Waals surface area contributed by atoms with Gasteiger partial charge in [0.2, 0.25) is 18.5 Å². The second-order valence-electron chi connectivity index (χ2n) is 5.67. The normalized spacial score (nSPS) is 12.8. The molecule has 26 heavy (non-hydrogen) atoms. The fourth-order valence-electron chi connectivity index (χ4n) is 2.84. The van der Waals surface area contributed by atoms with E-state index < -0.39 is 0 Å². The molecule has 1 amide bonds. The van der Waals surface area contributed by atoms with Crippen LogP contribution in [-0.2, 0) is 4.79 Å². The Kier molecular flexibility index (Phi) is 3.45. The van der Waals surface area contributed by atoms with Crippen molar-refractivity contribution in [1.82, 2.24) is 19.6 Å². The van der Waals surface area contributed by atoms with Gasteiger partial charge in [0.1, 0.15) is 0 Å². The minimum Gasteiger partial charge on any atom is -0.454 e. The fraction of sp³-hybridized carbons (Fsp3) is 0.118. The van der Waals surface area contributed by atoms with Crippen LogP contribution in [0.25, 0.3) is 16.8 Å². The molecule has 0 bridgehead atoms. The summed E-state index contributed by atoms with van der Waals surface area (Å²) in [4.78, 5) is 16.7. The third-order valence-corrected chi connectivity index (χ3v) is 4.93. The number of aromatic nitrogens is 4. The summed E-state index contributed by atoms with van der Waals surface area (Å²) in [6, 6.07) is 13.1. The molecule has 0 aliphatic carbocycles. The molecule has 0 saturated heterocycles. The Morgan fingerprint density at radius 2 is 2.12 bits per heavy atom. The standard InChI is InChI=1S/C17H13N5O3S/c23-15(18-10-5-6-13-14(7-10)25-9-24-13)8-26-17-21-20-16-19-11-3-1-2-4-12(11)22(16)17/h1-7H,8-9H2,(H,18,23)(H,19,20). The van der Waals surface area contributed by atoms with Crippen LogP contribution in [0.4, 0.5) is 5.69 Å². The number of rotatable bonds is 4. The number of fused-ring (bicyclic) bond motifs is 4. The van der Waals surface area contributed by atoms with Gasteiger partial charge in [0, 0.05) is 11.8 Å². The first kappa shape index (κ1) is 15.1. The summed E-state index contributed by atoms with van der Waals surface area (Å²) >= 11 is 1.34. The van der Waals surface area contributed by atoms with Crippen LogP contribution in [0, 0.1) is 0 Å². The molecule has 2 aromatic heterocycles. The molecule has 3 heterocycles. The summed E-state index contributed by atoms with van der Waals surface area (Å²) < 4.78 is 12.5. The highest BCUT2D eigenvalue weighted by Gasteiger charge is 2.16. The van der Waals surface area contributed by atoms with Crippen molar-refractivity contribution in [3.05, 3.63) is 42.5 Å². The number of amides is 1. The van der Waals surface area contributed by atoms with Crippen LogP contribution < -0.4 is 14.8 Å². The molecule has 9 heteroatoms. The van der Waals surface area contributed by atoms with Gasteiger partial charge in [-0.15, -0.1) is 5.10 Å². The van der Waals surface area contributed by atoms with Crippen molar-refractivity contribution < 1.29 is 14.3 Å². The molecule has 0 spiro atoms. The van der Waals surface area contributed by atoms with E-state index in [1.54, 1.807) is 18.2 Å². The van der Waals surface area contributed by atoms with E-state index in [1.165, 1.54) is 11.8 Å². The number of carbonyl (C=O) groups is 1. The molecule has 2 N–H and O–H groups in total. The zero-order chi connectivity index (χ0) is 17.5. The second-order valence-corrected chi connectivity index (χ2v) is 6.61. The van der Waals surface area contributed by atoms with Gasteiger partial charge in [0.15, 0.2) is 16.7 Å². The maximum atomic E-state index is 12.3. The Hall–Kier alpha value is -3.20. The molecular weight excluding hydrogens is 354 g/mol. The number of H-pyrrole nitrogens is 1. The molecular formula is C17H13N5O3S. The molecule has 0 atom stereocenters. The van der Waals surface area contributed by atoms with Gasteiger partial charge in [-0.05, 0) is 24.3 Å². The maximum Gasteiger partial charge on any atom is 0.234 e. The van der Waals surface area contributed by atoms with Gasteiger partial charge in [-0.1, -0.05) is 23.9 Å². The van der Waals surface area contributed by atoms with E-state index >= 15 is 0 Å². The number of hydrogen-bond donors (Lipinski definition) is 2. The first-order chi connectivity index (χ1) is 12.8. The SMILES string of the molecule is O=C(CSc1n[nH]c2nc3ccccc3n12)Nc1ccc2c(c1)OCO2. The molecule has 0 unspecified atom stereocenters. The number of thioether (sulfide) groups is 1. The molecule has 130 valence electrons. The first-order valence-corrected chi connectivity index (χ1v) is 8.90. The van der Waals surface area contributed by atoms with Crippen molar-refractivity contribution in [2.75, 3.05) is 17.9 Å². The minimum absolute atomic E-state index is 0.130. The van der Waals surface area contributed by atoms with Gasteiger partial charge in [-0.25, -0.2) is 10.1 Å². The summed E-state index contributed by atoms with van der Waals surface area (Å²) in [5.41, 5.74) is 2.50. The van der Waals surface area contributed by atoms with Crippen molar-refractivity contribution in [1.29, 1.82) is 0 Å².